The summed E-state index contributed by atoms with van der Waals surface area (Å²) in [7, 11) is 0. The van der Waals surface area contributed by atoms with E-state index < -0.39 is 23.7 Å². The summed E-state index contributed by atoms with van der Waals surface area (Å²) in [6.45, 7) is 9.29. The summed E-state index contributed by atoms with van der Waals surface area (Å²) in [4.78, 5) is 39.0. The highest BCUT2D eigenvalue weighted by molar-refractivity contribution is 8.00. The zero-order valence-corrected chi connectivity index (χ0v) is 16.5. The number of rotatable bonds is 4. The first-order valence-corrected chi connectivity index (χ1v) is 9.90. The van der Waals surface area contributed by atoms with Crippen molar-refractivity contribution >= 4 is 29.5 Å². The van der Waals surface area contributed by atoms with Crippen LogP contribution in [0.15, 0.2) is 42.5 Å². The van der Waals surface area contributed by atoms with E-state index >= 15 is 0 Å². The molecule has 1 N–H and O–H groups in total. The summed E-state index contributed by atoms with van der Waals surface area (Å²) in [5.41, 5.74) is 0.886. The molecule has 2 aliphatic heterocycles. The molecule has 7 heteroatoms. The zero-order chi connectivity index (χ0) is 19.8. The van der Waals surface area contributed by atoms with Crippen molar-refractivity contribution < 1.29 is 19.1 Å². The van der Waals surface area contributed by atoms with E-state index in [1.54, 1.807) is 20.8 Å². The molecule has 2 heterocycles. The minimum atomic E-state index is -0.787. The molecule has 1 aromatic rings. The number of carbonyl (C=O) groups is 3. The van der Waals surface area contributed by atoms with Crippen LogP contribution in [0.3, 0.4) is 0 Å². The summed E-state index contributed by atoms with van der Waals surface area (Å²) < 4.78 is 5.45. The summed E-state index contributed by atoms with van der Waals surface area (Å²) in [5, 5.41) is 2.53. The third-order valence-corrected chi connectivity index (χ3v) is 5.72. The molecular weight excluding hydrogens is 364 g/mol. The molecule has 0 saturated carbocycles. The quantitative estimate of drug-likeness (QED) is 0.484. The van der Waals surface area contributed by atoms with E-state index in [-0.39, 0.29) is 23.6 Å². The number of carbonyl (C=O) groups excluding carboxylic acids is 3. The zero-order valence-electron chi connectivity index (χ0n) is 15.7. The van der Waals surface area contributed by atoms with Crippen molar-refractivity contribution in [3.05, 3.63) is 48.0 Å². The number of ether oxygens (including phenoxy) is 1. The largest absolute Gasteiger partial charge is 0.458 e. The summed E-state index contributed by atoms with van der Waals surface area (Å²) in [6.07, 6.45) is 0.213. The molecule has 2 amide bonds. The first-order valence-electron chi connectivity index (χ1n) is 8.85. The van der Waals surface area contributed by atoms with Crippen LogP contribution in [-0.4, -0.2) is 51.5 Å². The Morgan fingerprint density at radius 1 is 1.30 bits per heavy atom. The van der Waals surface area contributed by atoms with Gasteiger partial charge in [0.05, 0.1) is 6.42 Å². The fraction of sp³-hybridized carbons (Fsp3) is 0.450. The summed E-state index contributed by atoms with van der Waals surface area (Å²) in [5.74, 6) is -0.410. The fourth-order valence-corrected chi connectivity index (χ4v) is 4.49. The highest BCUT2D eigenvalue weighted by atomic mass is 32.2. The van der Waals surface area contributed by atoms with Gasteiger partial charge in [0.25, 0.3) is 0 Å². The van der Waals surface area contributed by atoms with Crippen molar-refractivity contribution in [3.63, 3.8) is 0 Å². The molecule has 0 spiro atoms. The van der Waals surface area contributed by atoms with Crippen LogP contribution >= 0.6 is 11.8 Å². The van der Waals surface area contributed by atoms with Gasteiger partial charge < -0.3 is 15.0 Å². The Morgan fingerprint density at radius 2 is 1.96 bits per heavy atom. The average molecular weight is 388 g/mol. The van der Waals surface area contributed by atoms with Gasteiger partial charge in [0.2, 0.25) is 11.8 Å². The van der Waals surface area contributed by atoms with Crippen LogP contribution in [0.2, 0.25) is 0 Å². The van der Waals surface area contributed by atoms with Crippen molar-refractivity contribution in [2.45, 2.75) is 50.3 Å². The van der Waals surface area contributed by atoms with Crippen molar-refractivity contribution in [1.82, 2.24) is 10.2 Å². The molecule has 0 aromatic heterocycles. The van der Waals surface area contributed by atoms with Crippen LogP contribution in [0.4, 0.5) is 0 Å². The highest BCUT2D eigenvalue weighted by Gasteiger charge is 2.56. The fourth-order valence-electron chi connectivity index (χ4n) is 3.18. The Balaban J connectivity index is 1.65. The van der Waals surface area contributed by atoms with Gasteiger partial charge in [-0.25, -0.2) is 4.79 Å². The lowest BCUT2D eigenvalue weighted by molar-refractivity contribution is -0.170. The van der Waals surface area contributed by atoms with Crippen molar-refractivity contribution in [3.8, 4) is 0 Å². The molecule has 0 radical (unpaired) electrons. The lowest BCUT2D eigenvalue weighted by Gasteiger charge is -2.53. The molecule has 1 aromatic carbocycles. The van der Waals surface area contributed by atoms with Crippen molar-refractivity contribution in [2.24, 2.45) is 0 Å². The first kappa shape index (κ1) is 19.5. The number of benzene rings is 1. The second-order valence-corrected chi connectivity index (χ2v) is 8.85. The topological polar surface area (TPSA) is 75.7 Å². The Hall–Kier alpha value is -2.28. The molecule has 2 saturated heterocycles. The first-order chi connectivity index (χ1) is 12.7. The number of esters is 1. The molecule has 2 unspecified atom stereocenters. The van der Waals surface area contributed by atoms with Crippen molar-refractivity contribution in [2.75, 3.05) is 5.75 Å². The van der Waals surface area contributed by atoms with Gasteiger partial charge in [-0.15, -0.1) is 11.8 Å². The molecule has 3 atom stereocenters. The second-order valence-electron chi connectivity index (χ2n) is 7.75. The number of nitrogens with zero attached hydrogens (tertiary/aromatic N) is 1. The van der Waals surface area contributed by atoms with Gasteiger partial charge in [-0.05, 0) is 31.9 Å². The molecule has 27 heavy (non-hydrogen) atoms. The molecule has 2 aliphatic rings. The molecule has 3 rings (SSSR count). The average Bonchev–Trinajstić information content (AvgIpc) is 2.58. The monoisotopic (exact) mass is 388 g/mol. The van der Waals surface area contributed by atoms with E-state index in [1.165, 1.54) is 16.7 Å². The molecule has 0 bridgehead atoms. The maximum Gasteiger partial charge on any atom is 0.333 e. The molecule has 6 nitrogen and oxygen atoms in total. The minimum absolute atomic E-state index is 0.210. The standard InChI is InChI=1S/C20H24N2O4S/c1-12-11-27-18-15(21-14(23)10-13-8-6-5-7-9-13)17(24)22(18)16(12)19(25)26-20(2,3)4/h5-9,15-16,18H,1,10-11H2,2-4H3,(H,21,23)/t15?,16?,18-/m1/s1. The van der Waals surface area contributed by atoms with E-state index in [0.717, 1.165) is 5.56 Å². The minimum Gasteiger partial charge on any atom is -0.458 e. The third-order valence-electron chi connectivity index (χ3n) is 4.34. The second kappa shape index (κ2) is 7.38. The van der Waals surface area contributed by atoms with Crippen LogP contribution in [-0.2, 0) is 25.5 Å². The van der Waals surface area contributed by atoms with Crippen molar-refractivity contribution in [1.29, 1.82) is 0 Å². The Morgan fingerprint density at radius 3 is 2.59 bits per heavy atom. The predicted molar refractivity (Wildman–Crippen MR) is 104 cm³/mol. The van der Waals surface area contributed by atoms with Gasteiger partial charge in [-0.1, -0.05) is 36.9 Å². The SMILES string of the molecule is C=C1CS[C@@H]2C(NC(=O)Cc3ccccc3)C(=O)N2C1C(=O)OC(C)(C)C. The van der Waals surface area contributed by atoms with E-state index in [0.29, 0.717) is 11.3 Å². The molecular formula is C20H24N2O4S. The van der Waals surface area contributed by atoms with E-state index in [1.807, 2.05) is 30.3 Å². The number of fused-ring (bicyclic) bond motifs is 1. The van der Waals surface area contributed by atoms with Gasteiger partial charge in [0.15, 0.2) is 6.04 Å². The Labute approximate surface area is 163 Å². The maximum absolute atomic E-state index is 12.7. The Kier molecular flexibility index (Phi) is 5.33. The van der Waals surface area contributed by atoms with Gasteiger partial charge in [0, 0.05) is 5.75 Å². The number of hydrogen-bond donors (Lipinski definition) is 1. The number of thioether (sulfide) groups is 1. The van der Waals surface area contributed by atoms with E-state index in [4.69, 9.17) is 4.74 Å². The van der Waals surface area contributed by atoms with Gasteiger partial charge in [-0.3, -0.25) is 9.59 Å². The predicted octanol–water partition coefficient (Wildman–Crippen LogP) is 1.90. The molecule has 0 aliphatic carbocycles. The summed E-state index contributed by atoms with van der Waals surface area (Å²) in [6, 6.07) is 7.95. The lowest BCUT2D eigenvalue weighted by atomic mass is 9.98. The lowest BCUT2D eigenvalue weighted by Crippen LogP contribution is -2.74. The van der Waals surface area contributed by atoms with Gasteiger partial charge in [0.1, 0.15) is 17.0 Å². The van der Waals surface area contributed by atoms with Gasteiger partial charge >= 0.3 is 5.97 Å². The normalized spacial score (nSPS) is 24.7. The smallest absolute Gasteiger partial charge is 0.333 e. The number of nitrogens with one attached hydrogen (secondary N) is 1. The van der Waals surface area contributed by atoms with Crippen LogP contribution in [0, 0.1) is 0 Å². The number of amides is 2. The number of β-lactam (4-membered cyclic amide) rings is 1. The Bertz CT molecular complexity index is 772. The maximum atomic E-state index is 12.7. The van der Waals surface area contributed by atoms with E-state index in [2.05, 4.69) is 11.9 Å². The van der Waals surface area contributed by atoms with E-state index in [9.17, 15) is 14.4 Å². The van der Waals surface area contributed by atoms with Gasteiger partial charge in [-0.2, -0.15) is 0 Å². The molecule has 2 fully saturated rings. The van der Waals surface area contributed by atoms with Crippen LogP contribution in [0.25, 0.3) is 0 Å². The van der Waals surface area contributed by atoms with Crippen LogP contribution < -0.4 is 5.32 Å². The van der Waals surface area contributed by atoms with Crippen LogP contribution in [0.1, 0.15) is 26.3 Å². The summed E-state index contributed by atoms with van der Waals surface area (Å²) >= 11 is 1.50. The molecule has 144 valence electrons. The third kappa shape index (κ3) is 4.18. The highest BCUT2D eigenvalue weighted by Crippen LogP contribution is 2.40. The van der Waals surface area contributed by atoms with Crippen LogP contribution in [0.5, 0.6) is 0 Å². The number of hydrogen-bond acceptors (Lipinski definition) is 5.